The lowest BCUT2D eigenvalue weighted by atomic mass is 10.2. The maximum Gasteiger partial charge on any atom is 0.331 e. The van der Waals surface area contributed by atoms with E-state index in [0.717, 1.165) is 0 Å². The first-order valence-corrected chi connectivity index (χ1v) is 8.63. The first-order valence-electron chi connectivity index (χ1n) is 8.25. The van der Waals surface area contributed by atoms with Gasteiger partial charge in [0.15, 0.2) is 17.6 Å². The van der Waals surface area contributed by atoms with Crippen LogP contribution < -0.4 is 14.8 Å². The molecule has 0 unspecified atom stereocenters. The first-order chi connectivity index (χ1) is 13.5. The van der Waals surface area contributed by atoms with Crippen LogP contribution in [0.4, 0.5) is 5.69 Å². The quantitative estimate of drug-likeness (QED) is 0.611. The number of rotatable bonds is 5. The van der Waals surface area contributed by atoms with Crippen LogP contribution in [0.25, 0.3) is 6.08 Å². The third-order valence-electron chi connectivity index (χ3n) is 3.81. The van der Waals surface area contributed by atoms with E-state index in [1.807, 2.05) is 6.07 Å². The van der Waals surface area contributed by atoms with E-state index >= 15 is 0 Å². The highest BCUT2D eigenvalue weighted by atomic mass is 35.5. The second-order valence-electron chi connectivity index (χ2n) is 5.83. The molecule has 1 atom stereocenters. The number of benzene rings is 2. The van der Waals surface area contributed by atoms with E-state index in [4.69, 9.17) is 31.1 Å². The molecule has 2 aromatic carbocycles. The molecule has 0 saturated carbocycles. The van der Waals surface area contributed by atoms with Gasteiger partial charge in [0.25, 0.3) is 5.91 Å². The number of nitrogens with zero attached hydrogens (tertiary/aromatic N) is 1. The molecule has 0 bridgehead atoms. The van der Waals surface area contributed by atoms with Crippen molar-refractivity contribution in [2.75, 3.05) is 12.1 Å². The minimum atomic E-state index is -1.01. The highest BCUT2D eigenvalue weighted by Crippen LogP contribution is 2.40. The fraction of sp³-hybridized carbons (Fsp3) is 0.150. The van der Waals surface area contributed by atoms with Gasteiger partial charge in [-0.05, 0) is 55.0 Å². The highest BCUT2D eigenvalue weighted by Gasteiger charge is 2.19. The van der Waals surface area contributed by atoms with Gasteiger partial charge in [-0.1, -0.05) is 11.6 Å². The Morgan fingerprint density at radius 2 is 2.04 bits per heavy atom. The Hall–Kier alpha value is -3.50. The Kier molecular flexibility index (Phi) is 5.82. The van der Waals surface area contributed by atoms with E-state index in [1.54, 1.807) is 36.4 Å². The Labute approximate surface area is 166 Å². The molecular formula is C20H15ClN2O5. The molecule has 1 amide bonds. The summed E-state index contributed by atoms with van der Waals surface area (Å²) in [7, 11) is 0. The van der Waals surface area contributed by atoms with E-state index in [2.05, 4.69) is 5.32 Å². The van der Waals surface area contributed by atoms with Crippen LogP contribution in [0.1, 0.15) is 18.1 Å². The minimum absolute atomic E-state index is 0.0934. The lowest BCUT2D eigenvalue weighted by molar-refractivity contribution is -0.148. The third kappa shape index (κ3) is 4.61. The van der Waals surface area contributed by atoms with Gasteiger partial charge in [-0.25, -0.2) is 4.79 Å². The van der Waals surface area contributed by atoms with Crippen molar-refractivity contribution in [1.82, 2.24) is 0 Å². The number of hydrogen-bond donors (Lipinski definition) is 1. The van der Waals surface area contributed by atoms with Gasteiger partial charge in [-0.2, -0.15) is 5.26 Å². The summed E-state index contributed by atoms with van der Waals surface area (Å²) in [5, 5.41) is 11.8. The molecule has 28 heavy (non-hydrogen) atoms. The van der Waals surface area contributed by atoms with Crippen molar-refractivity contribution in [3.05, 3.63) is 58.6 Å². The van der Waals surface area contributed by atoms with Crippen LogP contribution in [0.2, 0.25) is 5.02 Å². The molecule has 8 heteroatoms. The maximum absolute atomic E-state index is 12.1. The van der Waals surface area contributed by atoms with Crippen LogP contribution in [-0.2, 0) is 14.3 Å². The van der Waals surface area contributed by atoms with Gasteiger partial charge in [0.2, 0.25) is 6.79 Å². The number of ether oxygens (including phenoxy) is 3. The molecule has 0 aromatic heterocycles. The Bertz CT molecular complexity index is 979. The van der Waals surface area contributed by atoms with Crippen LogP contribution >= 0.6 is 11.6 Å². The van der Waals surface area contributed by atoms with Gasteiger partial charge in [-0.15, -0.1) is 0 Å². The molecule has 1 heterocycles. The van der Waals surface area contributed by atoms with Crippen molar-refractivity contribution >= 4 is 35.2 Å². The fourth-order valence-electron chi connectivity index (χ4n) is 2.39. The average molecular weight is 399 g/mol. The predicted molar refractivity (Wildman–Crippen MR) is 102 cm³/mol. The minimum Gasteiger partial charge on any atom is -0.454 e. The summed E-state index contributed by atoms with van der Waals surface area (Å²) in [5.41, 5.74) is 1.60. The van der Waals surface area contributed by atoms with Gasteiger partial charge >= 0.3 is 5.97 Å². The number of nitriles is 1. The summed E-state index contributed by atoms with van der Waals surface area (Å²) < 4.78 is 15.6. The summed E-state index contributed by atoms with van der Waals surface area (Å²) >= 11 is 6.09. The second kappa shape index (κ2) is 8.46. The van der Waals surface area contributed by atoms with Crippen LogP contribution in [0, 0.1) is 11.3 Å². The van der Waals surface area contributed by atoms with Crippen LogP contribution in [-0.4, -0.2) is 24.8 Å². The molecule has 142 valence electrons. The number of nitrogens with one attached hydrogen (secondary N) is 1. The largest absolute Gasteiger partial charge is 0.454 e. The molecule has 7 nitrogen and oxygen atoms in total. The number of esters is 1. The molecule has 3 rings (SSSR count). The molecular weight excluding hydrogens is 384 g/mol. The standard InChI is InChI=1S/C20H15ClN2O5/c1-12(20(25)23-15-5-2-13(10-22)3-6-15)28-18(24)7-4-14-8-16(21)19-17(9-14)26-11-27-19/h2-9,12H,11H2,1H3,(H,23,25)/b7-4+/t12-/m0/s1. The van der Waals surface area contributed by atoms with E-state index < -0.39 is 18.0 Å². The van der Waals surface area contributed by atoms with Crippen LogP contribution in [0.5, 0.6) is 11.5 Å². The molecule has 0 fully saturated rings. The van der Waals surface area contributed by atoms with Crippen molar-refractivity contribution in [2.45, 2.75) is 13.0 Å². The zero-order valence-electron chi connectivity index (χ0n) is 14.8. The second-order valence-corrected chi connectivity index (χ2v) is 6.23. The Balaban J connectivity index is 1.56. The van der Waals surface area contributed by atoms with Crippen molar-refractivity contribution in [3.8, 4) is 17.6 Å². The van der Waals surface area contributed by atoms with Gasteiger partial charge in [0.1, 0.15) is 0 Å². The molecule has 2 aromatic rings. The number of halogens is 1. The molecule has 1 aliphatic heterocycles. The van der Waals surface area contributed by atoms with Gasteiger partial charge < -0.3 is 19.5 Å². The number of amides is 1. The summed E-state index contributed by atoms with van der Waals surface area (Å²) in [6.45, 7) is 1.55. The number of hydrogen-bond acceptors (Lipinski definition) is 6. The van der Waals surface area contributed by atoms with Crippen LogP contribution in [0.15, 0.2) is 42.5 Å². The van der Waals surface area contributed by atoms with E-state index in [1.165, 1.54) is 19.1 Å². The average Bonchev–Trinajstić information content (AvgIpc) is 3.16. The summed E-state index contributed by atoms with van der Waals surface area (Å²) in [6, 6.07) is 11.6. The van der Waals surface area contributed by atoms with Crippen molar-refractivity contribution in [1.29, 1.82) is 5.26 Å². The van der Waals surface area contributed by atoms with Crippen LogP contribution in [0.3, 0.4) is 0 Å². The normalized spacial score (nSPS) is 13.0. The van der Waals surface area contributed by atoms with E-state index in [9.17, 15) is 9.59 Å². The lowest BCUT2D eigenvalue weighted by Gasteiger charge is -2.12. The van der Waals surface area contributed by atoms with Gasteiger partial charge in [0, 0.05) is 11.8 Å². The Morgan fingerprint density at radius 3 is 2.75 bits per heavy atom. The topological polar surface area (TPSA) is 97.7 Å². The number of anilines is 1. The van der Waals surface area contributed by atoms with E-state index in [0.29, 0.717) is 33.3 Å². The van der Waals surface area contributed by atoms with E-state index in [-0.39, 0.29) is 6.79 Å². The summed E-state index contributed by atoms with van der Waals surface area (Å²) in [6.07, 6.45) is 1.69. The van der Waals surface area contributed by atoms with Gasteiger partial charge in [-0.3, -0.25) is 4.79 Å². The SMILES string of the molecule is C[C@H](OC(=O)/C=C/c1cc(Cl)c2c(c1)OCO2)C(=O)Nc1ccc(C#N)cc1. The highest BCUT2D eigenvalue weighted by molar-refractivity contribution is 6.32. The molecule has 1 N–H and O–H groups in total. The molecule has 0 saturated heterocycles. The zero-order valence-corrected chi connectivity index (χ0v) is 15.5. The molecule has 1 aliphatic rings. The smallest absolute Gasteiger partial charge is 0.331 e. The molecule has 0 spiro atoms. The van der Waals surface area contributed by atoms with Crippen molar-refractivity contribution in [3.63, 3.8) is 0 Å². The Morgan fingerprint density at radius 1 is 1.29 bits per heavy atom. The molecule has 0 aliphatic carbocycles. The maximum atomic E-state index is 12.1. The van der Waals surface area contributed by atoms with Crippen molar-refractivity contribution < 1.29 is 23.8 Å². The summed E-state index contributed by atoms with van der Waals surface area (Å²) in [4.78, 5) is 24.1. The van der Waals surface area contributed by atoms with Gasteiger partial charge in [0.05, 0.1) is 16.7 Å². The lowest BCUT2D eigenvalue weighted by Crippen LogP contribution is -2.29. The first kappa shape index (κ1) is 19.3. The zero-order chi connectivity index (χ0) is 20.1. The number of carbonyl (C=O) groups excluding carboxylic acids is 2. The molecule has 0 radical (unpaired) electrons. The third-order valence-corrected chi connectivity index (χ3v) is 4.09. The number of carbonyl (C=O) groups is 2. The fourth-order valence-corrected chi connectivity index (χ4v) is 2.66. The monoisotopic (exact) mass is 398 g/mol. The van der Waals surface area contributed by atoms with Crippen molar-refractivity contribution in [2.24, 2.45) is 0 Å². The summed E-state index contributed by atoms with van der Waals surface area (Å²) in [5.74, 6) is -0.209. The number of fused-ring (bicyclic) bond motifs is 1. The predicted octanol–water partition coefficient (Wildman–Crippen LogP) is 3.52.